The van der Waals surface area contributed by atoms with E-state index in [1.807, 2.05) is 31.2 Å². The first kappa shape index (κ1) is 12.7. The van der Waals surface area contributed by atoms with Crippen molar-refractivity contribution in [3.63, 3.8) is 0 Å². The lowest BCUT2D eigenvalue weighted by Gasteiger charge is -2.14. The van der Waals surface area contributed by atoms with Crippen LogP contribution in [0, 0.1) is 0 Å². The molecule has 0 aromatic heterocycles. The van der Waals surface area contributed by atoms with E-state index in [1.165, 1.54) is 6.04 Å². The van der Waals surface area contributed by atoms with Gasteiger partial charge in [0.2, 0.25) is 0 Å². The van der Waals surface area contributed by atoms with Gasteiger partial charge in [-0.1, -0.05) is 43.9 Å². The Labute approximate surface area is 83.5 Å². The Hall–Kier alpha value is -0.343. The van der Waals surface area contributed by atoms with Crippen LogP contribution in [0.5, 0.6) is 0 Å². The lowest BCUT2D eigenvalue weighted by Crippen LogP contribution is -2.21. The maximum absolute atomic E-state index is 5.47. The van der Waals surface area contributed by atoms with Gasteiger partial charge in [-0.2, -0.15) is 0 Å². The summed E-state index contributed by atoms with van der Waals surface area (Å²) in [7, 11) is -0.896. The topological polar surface area (TPSA) is 9.23 Å². The molecule has 1 nitrogen and oxygen atoms in total. The zero-order valence-electron chi connectivity index (χ0n) is 9.34. The summed E-state index contributed by atoms with van der Waals surface area (Å²) in [5.74, 6) is 0. The van der Waals surface area contributed by atoms with Crippen molar-refractivity contribution in [2.45, 2.75) is 32.6 Å². The van der Waals surface area contributed by atoms with Crippen LogP contribution in [0.2, 0.25) is 25.7 Å². The molecule has 0 aliphatic heterocycles. The van der Waals surface area contributed by atoms with Crippen LogP contribution >= 0.6 is 0 Å². The second-order valence-corrected chi connectivity index (χ2v) is 9.96. The van der Waals surface area contributed by atoms with Crippen molar-refractivity contribution < 1.29 is 4.74 Å². The molecular formula is C11H22OSi. The molecule has 0 atom stereocenters. The molecular weight excluding hydrogens is 176 g/mol. The molecule has 0 aromatic carbocycles. The van der Waals surface area contributed by atoms with Crippen LogP contribution in [0.25, 0.3) is 0 Å². The highest BCUT2D eigenvalue weighted by atomic mass is 28.3. The average molecular weight is 198 g/mol. The molecule has 0 rings (SSSR count). The zero-order valence-corrected chi connectivity index (χ0v) is 10.3. The lowest BCUT2D eigenvalue weighted by molar-refractivity contribution is 0.176. The summed E-state index contributed by atoms with van der Waals surface area (Å²) in [5.41, 5.74) is 0. The second kappa shape index (κ2) is 7.10. The van der Waals surface area contributed by atoms with Crippen LogP contribution in [-0.2, 0) is 4.74 Å². The van der Waals surface area contributed by atoms with E-state index in [9.17, 15) is 0 Å². The summed E-state index contributed by atoms with van der Waals surface area (Å²) in [6.45, 7) is 10.8. The lowest BCUT2D eigenvalue weighted by atomic mass is 10.4. The average Bonchev–Trinajstić information content (AvgIpc) is 2.01. The highest BCUT2D eigenvalue weighted by Gasteiger charge is 2.11. The first-order valence-electron chi connectivity index (χ1n) is 4.92. The predicted octanol–water partition coefficient (Wildman–Crippen LogP) is 3.47. The molecule has 0 amide bonds. The Bertz CT molecular complexity index is 165. The standard InChI is InChI=1S/C11H22OSi/c1-5-6-7-8-9-12-10-11-13(2,3)4/h5-8H,9-11H2,1-4H3. The van der Waals surface area contributed by atoms with Gasteiger partial charge in [0.15, 0.2) is 0 Å². The first-order valence-corrected chi connectivity index (χ1v) is 8.62. The number of hydrogen-bond donors (Lipinski definition) is 0. The van der Waals surface area contributed by atoms with Crippen LogP contribution in [0.15, 0.2) is 24.3 Å². The van der Waals surface area contributed by atoms with Crippen molar-refractivity contribution in [3.8, 4) is 0 Å². The van der Waals surface area contributed by atoms with E-state index >= 15 is 0 Å². The number of hydrogen-bond acceptors (Lipinski definition) is 1. The van der Waals surface area contributed by atoms with Gasteiger partial charge in [0.25, 0.3) is 0 Å². The maximum Gasteiger partial charge on any atom is 0.0650 e. The minimum absolute atomic E-state index is 0.745. The quantitative estimate of drug-likeness (QED) is 0.361. The second-order valence-electron chi connectivity index (χ2n) is 4.34. The monoisotopic (exact) mass is 198 g/mol. The van der Waals surface area contributed by atoms with E-state index in [0.29, 0.717) is 0 Å². The van der Waals surface area contributed by atoms with Gasteiger partial charge < -0.3 is 4.74 Å². The van der Waals surface area contributed by atoms with Crippen LogP contribution in [0.1, 0.15) is 6.92 Å². The van der Waals surface area contributed by atoms with Crippen molar-refractivity contribution in [2.75, 3.05) is 13.2 Å². The van der Waals surface area contributed by atoms with E-state index in [-0.39, 0.29) is 0 Å². The molecule has 0 fully saturated rings. The summed E-state index contributed by atoms with van der Waals surface area (Å²) in [5, 5.41) is 0. The predicted molar refractivity (Wildman–Crippen MR) is 62.9 cm³/mol. The van der Waals surface area contributed by atoms with Gasteiger partial charge in [0, 0.05) is 14.7 Å². The Balaban J connectivity index is 3.27. The van der Waals surface area contributed by atoms with Crippen LogP contribution < -0.4 is 0 Å². The van der Waals surface area contributed by atoms with Crippen LogP contribution in [0.3, 0.4) is 0 Å². The molecule has 0 radical (unpaired) electrons. The van der Waals surface area contributed by atoms with Crippen molar-refractivity contribution >= 4 is 8.07 Å². The van der Waals surface area contributed by atoms with E-state index in [0.717, 1.165) is 13.2 Å². The van der Waals surface area contributed by atoms with Gasteiger partial charge in [-0.05, 0) is 13.0 Å². The van der Waals surface area contributed by atoms with E-state index < -0.39 is 8.07 Å². The smallest absolute Gasteiger partial charge is 0.0650 e. The number of ether oxygens (including phenoxy) is 1. The van der Waals surface area contributed by atoms with Gasteiger partial charge in [-0.15, -0.1) is 0 Å². The highest BCUT2D eigenvalue weighted by Crippen LogP contribution is 2.07. The molecule has 0 saturated carbocycles. The van der Waals surface area contributed by atoms with Crippen molar-refractivity contribution in [2.24, 2.45) is 0 Å². The fraction of sp³-hybridized carbons (Fsp3) is 0.636. The largest absolute Gasteiger partial charge is 0.378 e. The van der Waals surface area contributed by atoms with Crippen molar-refractivity contribution in [1.29, 1.82) is 0 Å². The molecule has 0 unspecified atom stereocenters. The summed E-state index contributed by atoms with van der Waals surface area (Å²) < 4.78 is 5.47. The normalized spacial score (nSPS) is 13.2. The highest BCUT2D eigenvalue weighted by molar-refractivity contribution is 6.76. The van der Waals surface area contributed by atoms with E-state index in [2.05, 4.69) is 19.6 Å². The van der Waals surface area contributed by atoms with E-state index in [1.54, 1.807) is 0 Å². The molecule has 0 aliphatic rings. The molecule has 2 heteroatoms. The first-order chi connectivity index (χ1) is 6.06. The summed E-state index contributed by atoms with van der Waals surface area (Å²) in [6, 6.07) is 1.25. The minimum atomic E-state index is -0.896. The third-order valence-corrected chi connectivity index (χ3v) is 3.35. The number of allylic oxidation sites excluding steroid dienone is 3. The third-order valence-electron chi connectivity index (χ3n) is 1.65. The van der Waals surface area contributed by atoms with Crippen LogP contribution in [0.4, 0.5) is 0 Å². The summed E-state index contributed by atoms with van der Waals surface area (Å²) in [6.07, 6.45) is 8.10. The molecule has 76 valence electrons. The number of rotatable bonds is 6. The van der Waals surface area contributed by atoms with Gasteiger partial charge in [0.05, 0.1) is 6.61 Å². The SMILES string of the molecule is CC=CC=CCOCC[Si](C)(C)C. The third kappa shape index (κ3) is 11.7. The molecule has 0 N–H and O–H groups in total. The Kier molecular flexibility index (Phi) is 6.91. The molecule has 0 spiro atoms. The van der Waals surface area contributed by atoms with Crippen LogP contribution in [-0.4, -0.2) is 21.3 Å². The minimum Gasteiger partial charge on any atom is -0.378 e. The van der Waals surface area contributed by atoms with Gasteiger partial charge in [-0.25, -0.2) is 0 Å². The maximum atomic E-state index is 5.47. The fourth-order valence-corrected chi connectivity index (χ4v) is 1.53. The molecule has 0 aliphatic carbocycles. The summed E-state index contributed by atoms with van der Waals surface area (Å²) in [4.78, 5) is 0. The molecule has 13 heavy (non-hydrogen) atoms. The molecule has 0 saturated heterocycles. The Morgan fingerprint density at radius 2 is 1.85 bits per heavy atom. The fourth-order valence-electron chi connectivity index (χ4n) is 0.775. The van der Waals surface area contributed by atoms with Gasteiger partial charge in [0.1, 0.15) is 0 Å². The zero-order chi connectivity index (χ0) is 10.2. The van der Waals surface area contributed by atoms with Crippen molar-refractivity contribution in [1.82, 2.24) is 0 Å². The molecule has 0 bridgehead atoms. The van der Waals surface area contributed by atoms with Crippen molar-refractivity contribution in [3.05, 3.63) is 24.3 Å². The Morgan fingerprint density at radius 1 is 1.15 bits per heavy atom. The summed E-state index contributed by atoms with van der Waals surface area (Å²) >= 11 is 0. The molecule has 0 heterocycles. The Morgan fingerprint density at radius 3 is 2.38 bits per heavy atom. The molecule has 0 aromatic rings. The van der Waals surface area contributed by atoms with Gasteiger partial charge >= 0.3 is 0 Å². The van der Waals surface area contributed by atoms with Gasteiger partial charge in [-0.3, -0.25) is 0 Å². The van der Waals surface area contributed by atoms with E-state index in [4.69, 9.17) is 4.74 Å².